The highest BCUT2D eigenvalue weighted by Gasteiger charge is 2.28. The summed E-state index contributed by atoms with van der Waals surface area (Å²) in [4.78, 5) is 15.6. The molecule has 0 amide bonds. The van der Waals surface area contributed by atoms with E-state index in [4.69, 9.17) is 20.4 Å². The van der Waals surface area contributed by atoms with Crippen molar-refractivity contribution >= 4 is 11.0 Å². The van der Waals surface area contributed by atoms with Gasteiger partial charge < -0.3 is 15.5 Å². The van der Waals surface area contributed by atoms with Gasteiger partial charge in [-0.2, -0.15) is 0 Å². The van der Waals surface area contributed by atoms with Gasteiger partial charge in [-0.25, -0.2) is 4.98 Å². The fourth-order valence-corrected chi connectivity index (χ4v) is 4.17. The average Bonchev–Trinajstić information content (AvgIpc) is 3.14. The molecule has 148 valence electrons. The van der Waals surface area contributed by atoms with E-state index in [0.717, 1.165) is 67.9 Å². The first-order valence-electron chi connectivity index (χ1n) is 10.2. The number of para-hydroxylation sites is 2. The Kier molecular flexibility index (Phi) is 5.88. The van der Waals surface area contributed by atoms with Crippen LogP contribution in [0.15, 0.2) is 36.5 Å². The number of aromatic amines is 1. The summed E-state index contributed by atoms with van der Waals surface area (Å²) in [6, 6.07) is 10.7. The van der Waals surface area contributed by atoms with E-state index in [1.165, 1.54) is 17.7 Å². The number of rotatable bonds is 8. The van der Waals surface area contributed by atoms with Gasteiger partial charge in [0.15, 0.2) is 0 Å². The largest absolute Gasteiger partial charge is 0.495 e. The molecule has 0 aliphatic heterocycles. The number of aryl methyl sites for hydroxylation is 1. The maximum absolute atomic E-state index is 5.74. The molecule has 3 aromatic rings. The van der Waals surface area contributed by atoms with Gasteiger partial charge in [0.25, 0.3) is 0 Å². The first-order chi connectivity index (χ1) is 13.8. The summed E-state index contributed by atoms with van der Waals surface area (Å²) in [5.74, 6) is 1.85. The van der Waals surface area contributed by atoms with Crippen molar-refractivity contribution in [3.05, 3.63) is 53.6 Å². The first-order valence-corrected chi connectivity index (χ1v) is 10.2. The molecule has 28 heavy (non-hydrogen) atoms. The van der Waals surface area contributed by atoms with Crippen molar-refractivity contribution in [2.45, 2.75) is 44.7 Å². The molecule has 4 rings (SSSR count). The second-order valence-electron chi connectivity index (χ2n) is 7.49. The number of ether oxygens (including phenoxy) is 1. The van der Waals surface area contributed by atoms with Crippen LogP contribution in [0.4, 0.5) is 0 Å². The summed E-state index contributed by atoms with van der Waals surface area (Å²) in [7, 11) is 1.70. The fourth-order valence-electron chi connectivity index (χ4n) is 4.17. The molecule has 1 aliphatic rings. The number of aromatic nitrogens is 3. The smallest absolute Gasteiger partial charge is 0.137 e. The second-order valence-corrected chi connectivity index (χ2v) is 7.49. The molecule has 0 fully saturated rings. The second kappa shape index (κ2) is 8.71. The number of nitrogens with one attached hydrogen (secondary N) is 1. The van der Waals surface area contributed by atoms with Crippen molar-refractivity contribution < 1.29 is 4.74 Å². The fraction of sp³-hybridized carbons (Fsp3) is 0.455. The van der Waals surface area contributed by atoms with Crippen LogP contribution in [-0.2, 0) is 13.0 Å². The third-order valence-corrected chi connectivity index (χ3v) is 5.58. The number of nitrogens with two attached hydrogens (primary N) is 1. The predicted octanol–water partition coefficient (Wildman–Crippen LogP) is 3.59. The molecule has 1 atom stereocenters. The number of pyridine rings is 1. The lowest BCUT2D eigenvalue weighted by molar-refractivity contribution is 0.159. The molecule has 0 spiro atoms. The van der Waals surface area contributed by atoms with Gasteiger partial charge >= 0.3 is 0 Å². The van der Waals surface area contributed by atoms with Crippen LogP contribution in [0.5, 0.6) is 5.75 Å². The highest BCUT2D eigenvalue weighted by molar-refractivity contribution is 5.74. The topological polar surface area (TPSA) is 80.1 Å². The molecule has 0 radical (unpaired) electrons. The highest BCUT2D eigenvalue weighted by Crippen LogP contribution is 2.35. The van der Waals surface area contributed by atoms with E-state index in [0.29, 0.717) is 6.04 Å². The van der Waals surface area contributed by atoms with Crippen molar-refractivity contribution in [1.82, 2.24) is 19.9 Å². The van der Waals surface area contributed by atoms with E-state index < -0.39 is 0 Å². The van der Waals surface area contributed by atoms with E-state index in [9.17, 15) is 0 Å². The van der Waals surface area contributed by atoms with Gasteiger partial charge in [0.1, 0.15) is 11.6 Å². The lowest BCUT2D eigenvalue weighted by atomic mass is 9.90. The van der Waals surface area contributed by atoms with E-state index >= 15 is 0 Å². The third kappa shape index (κ3) is 4.03. The van der Waals surface area contributed by atoms with Crippen LogP contribution in [0.2, 0.25) is 0 Å². The standard InChI is InChI=1S/C22H29N5O/c1-28-17-13-16-7-6-10-20(22(16)24-14-17)27(12-5-4-11-23)15-21-25-18-8-2-3-9-19(18)26-21/h2-3,8-9,13-14,20H,4-7,10-12,15,23H2,1H3,(H,25,26). The van der Waals surface area contributed by atoms with Crippen LogP contribution < -0.4 is 10.5 Å². The molecular weight excluding hydrogens is 350 g/mol. The minimum Gasteiger partial charge on any atom is -0.495 e. The van der Waals surface area contributed by atoms with E-state index in [-0.39, 0.29) is 0 Å². The molecule has 2 aromatic heterocycles. The maximum atomic E-state index is 5.74. The van der Waals surface area contributed by atoms with Crippen molar-refractivity contribution in [3.63, 3.8) is 0 Å². The van der Waals surface area contributed by atoms with Gasteiger partial charge in [-0.3, -0.25) is 9.88 Å². The van der Waals surface area contributed by atoms with Gasteiger partial charge in [0.05, 0.1) is 42.6 Å². The van der Waals surface area contributed by atoms with Gasteiger partial charge in [-0.15, -0.1) is 0 Å². The average molecular weight is 380 g/mol. The number of hydrogen-bond acceptors (Lipinski definition) is 5. The molecule has 0 saturated carbocycles. The summed E-state index contributed by atoms with van der Waals surface area (Å²) in [6.45, 7) is 2.51. The minimum atomic E-state index is 0.306. The van der Waals surface area contributed by atoms with Crippen LogP contribution in [0.25, 0.3) is 11.0 Å². The van der Waals surface area contributed by atoms with E-state index in [2.05, 4.69) is 28.1 Å². The van der Waals surface area contributed by atoms with E-state index in [1.54, 1.807) is 7.11 Å². The Morgan fingerprint density at radius 1 is 1.29 bits per heavy atom. The molecule has 3 N–H and O–H groups in total. The zero-order valence-corrected chi connectivity index (χ0v) is 16.5. The number of unbranched alkanes of at least 4 members (excludes halogenated alkanes) is 1. The number of benzene rings is 1. The van der Waals surface area contributed by atoms with Crippen molar-refractivity contribution in [2.24, 2.45) is 5.73 Å². The lowest BCUT2D eigenvalue weighted by Crippen LogP contribution is -2.33. The zero-order chi connectivity index (χ0) is 19.3. The molecule has 0 saturated heterocycles. The van der Waals surface area contributed by atoms with Crippen molar-refractivity contribution in [1.29, 1.82) is 0 Å². The molecule has 2 heterocycles. The van der Waals surface area contributed by atoms with Gasteiger partial charge in [-0.1, -0.05) is 12.1 Å². The number of hydrogen-bond donors (Lipinski definition) is 2. The SMILES string of the molecule is COc1cnc2c(c1)CCCC2N(CCCCN)Cc1nc2ccccc2[nH]1. The van der Waals surface area contributed by atoms with Crippen LogP contribution >= 0.6 is 0 Å². The number of methoxy groups -OCH3 is 1. The Morgan fingerprint density at radius 2 is 2.18 bits per heavy atom. The molecule has 0 bridgehead atoms. The van der Waals surface area contributed by atoms with Gasteiger partial charge in [0, 0.05) is 0 Å². The van der Waals surface area contributed by atoms with Crippen LogP contribution in [-0.4, -0.2) is 40.1 Å². The highest BCUT2D eigenvalue weighted by atomic mass is 16.5. The van der Waals surface area contributed by atoms with Crippen molar-refractivity contribution in [2.75, 3.05) is 20.2 Å². The Morgan fingerprint density at radius 3 is 3.00 bits per heavy atom. The van der Waals surface area contributed by atoms with Crippen LogP contribution in [0.1, 0.15) is 48.8 Å². The molecule has 1 aromatic carbocycles. The Labute approximate surface area is 166 Å². The molecule has 6 nitrogen and oxygen atoms in total. The van der Waals surface area contributed by atoms with Crippen molar-refractivity contribution in [3.8, 4) is 5.75 Å². The van der Waals surface area contributed by atoms with Crippen LogP contribution in [0.3, 0.4) is 0 Å². The number of nitrogens with zero attached hydrogens (tertiary/aromatic N) is 3. The summed E-state index contributed by atoms with van der Waals surface area (Å²) in [5.41, 5.74) is 10.4. The summed E-state index contributed by atoms with van der Waals surface area (Å²) < 4.78 is 5.38. The number of H-pyrrole nitrogens is 1. The van der Waals surface area contributed by atoms with Gasteiger partial charge in [-0.05, 0) is 69.0 Å². The molecule has 1 unspecified atom stereocenters. The lowest BCUT2D eigenvalue weighted by Gasteiger charge is -2.34. The number of imidazole rings is 1. The quantitative estimate of drug-likeness (QED) is 0.585. The monoisotopic (exact) mass is 379 g/mol. The first kappa shape index (κ1) is 18.9. The Bertz CT molecular complexity index is 889. The van der Waals surface area contributed by atoms with Crippen LogP contribution in [0, 0.1) is 0 Å². The van der Waals surface area contributed by atoms with E-state index in [1.807, 2.05) is 18.3 Å². The molecular formula is C22H29N5O. The Hall–Kier alpha value is -2.44. The predicted molar refractivity (Wildman–Crippen MR) is 111 cm³/mol. The number of fused-ring (bicyclic) bond motifs is 2. The molecule has 6 heteroatoms. The minimum absolute atomic E-state index is 0.306. The molecule has 1 aliphatic carbocycles. The normalized spacial score (nSPS) is 16.5. The summed E-state index contributed by atoms with van der Waals surface area (Å²) in [6.07, 6.45) is 7.31. The van der Waals surface area contributed by atoms with Gasteiger partial charge in [0.2, 0.25) is 0 Å². The zero-order valence-electron chi connectivity index (χ0n) is 16.5. The maximum Gasteiger partial charge on any atom is 0.137 e. The summed E-state index contributed by atoms with van der Waals surface area (Å²) in [5, 5.41) is 0. The Balaban J connectivity index is 1.61. The third-order valence-electron chi connectivity index (χ3n) is 5.58. The summed E-state index contributed by atoms with van der Waals surface area (Å²) >= 11 is 0.